The first kappa shape index (κ1) is 15.9. The molecule has 0 saturated heterocycles. The van der Waals surface area contributed by atoms with Gasteiger partial charge in [0.2, 0.25) is 11.8 Å². The summed E-state index contributed by atoms with van der Waals surface area (Å²) >= 11 is 1.42. The Hall–Kier alpha value is -1.95. The summed E-state index contributed by atoms with van der Waals surface area (Å²) in [4.78, 5) is 27.8. The highest BCUT2D eigenvalue weighted by Gasteiger charge is 2.19. The van der Waals surface area contributed by atoms with Crippen LogP contribution in [0.5, 0.6) is 0 Å². The first-order chi connectivity index (χ1) is 11.0. The standard InChI is InChI=1S/C17H21N3O2S/c1-10-7-13(19-15(22)8-12-5-3-4-6-12)9-14-16(10)20-17(23-14)18-11(2)21/h7,9,12H,3-6,8H2,1-2H3,(H,19,22)(H,18,20,21). The monoisotopic (exact) mass is 331 g/mol. The maximum atomic E-state index is 12.2. The Morgan fingerprint density at radius 1 is 1.26 bits per heavy atom. The number of thiazole rings is 1. The largest absolute Gasteiger partial charge is 0.326 e. The SMILES string of the molecule is CC(=O)Nc1nc2c(C)cc(NC(=O)CC3CCCC3)cc2s1. The molecular weight excluding hydrogens is 310 g/mol. The van der Waals surface area contributed by atoms with E-state index in [4.69, 9.17) is 0 Å². The Balaban J connectivity index is 1.75. The highest BCUT2D eigenvalue weighted by atomic mass is 32.1. The second-order valence-electron chi connectivity index (χ2n) is 6.24. The first-order valence-corrected chi connectivity index (χ1v) is 8.81. The van der Waals surface area contributed by atoms with Gasteiger partial charge >= 0.3 is 0 Å². The minimum Gasteiger partial charge on any atom is -0.326 e. The Bertz CT molecular complexity index is 748. The van der Waals surface area contributed by atoms with E-state index in [2.05, 4.69) is 15.6 Å². The predicted molar refractivity (Wildman–Crippen MR) is 93.9 cm³/mol. The van der Waals surface area contributed by atoms with Gasteiger partial charge in [0, 0.05) is 19.0 Å². The van der Waals surface area contributed by atoms with Crippen LogP contribution in [0.1, 0.15) is 44.6 Å². The smallest absolute Gasteiger partial charge is 0.224 e. The van der Waals surface area contributed by atoms with Crippen LogP contribution in [0.3, 0.4) is 0 Å². The lowest BCUT2D eigenvalue weighted by molar-refractivity contribution is -0.117. The van der Waals surface area contributed by atoms with Crippen molar-refractivity contribution in [3.05, 3.63) is 17.7 Å². The molecule has 1 aliphatic rings. The average molecular weight is 331 g/mol. The van der Waals surface area contributed by atoms with Crippen LogP contribution in [0.25, 0.3) is 10.2 Å². The highest BCUT2D eigenvalue weighted by molar-refractivity contribution is 7.22. The van der Waals surface area contributed by atoms with E-state index in [1.165, 1.54) is 43.9 Å². The molecule has 1 fully saturated rings. The summed E-state index contributed by atoms with van der Waals surface area (Å²) in [5, 5.41) is 6.30. The number of fused-ring (bicyclic) bond motifs is 1. The molecule has 5 nitrogen and oxygen atoms in total. The lowest BCUT2D eigenvalue weighted by atomic mass is 10.0. The van der Waals surface area contributed by atoms with Gasteiger partial charge in [0.05, 0.1) is 10.2 Å². The summed E-state index contributed by atoms with van der Waals surface area (Å²) in [6, 6.07) is 3.87. The van der Waals surface area contributed by atoms with Crippen molar-refractivity contribution in [2.24, 2.45) is 5.92 Å². The first-order valence-electron chi connectivity index (χ1n) is 8.00. The number of rotatable bonds is 4. The van der Waals surface area contributed by atoms with Gasteiger partial charge in [0.1, 0.15) is 0 Å². The fourth-order valence-electron chi connectivity index (χ4n) is 3.16. The molecule has 1 aliphatic carbocycles. The van der Waals surface area contributed by atoms with Gasteiger partial charge in [0.25, 0.3) is 0 Å². The molecule has 1 aromatic heterocycles. The molecule has 0 aliphatic heterocycles. The van der Waals surface area contributed by atoms with E-state index in [9.17, 15) is 9.59 Å². The number of nitrogens with zero attached hydrogens (tertiary/aromatic N) is 1. The molecule has 0 radical (unpaired) electrons. The summed E-state index contributed by atoms with van der Waals surface area (Å²) in [6.45, 7) is 3.43. The maximum Gasteiger partial charge on any atom is 0.224 e. The van der Waals surface area contributed by atoms with Crippen molar-refractivity contribution in [3.8, 4) is 0 Å². The zero-order chi connectivity index (χ0) is 16.4. The predicted octanol–water partition coefficient (Wildman–Crippen LogP) is 4.08. The molecule has 1 heterocycles. The number of aromatic nitrogens is 1. The Kier molecular flexibility index (Phi) is 4.61. The third kappa shape index (κ3) is 3.88. The zero-order valence-electron chi connectivity index (χ0n) is 13.4. The number of nitrogens with one attached hydrogen (secondary N) is 2. The van der Waals surface area contributed by atoms with Gasteiger partial charge in [-0.2, -0.15) is 0 Å². The topological polar surface area (TPSA) is 71.1 Å². The summed E-state index contributed by atoms with van der Waals surface area (Å²) < 4.78 is 0.963. The number of carbonyl (C=O) groups excluding carboxylic acids is 2. The summed E-state index contributed by atoms with van der Waals surface area (Å²) in [6.07, 6.45) is 5.43. The fraction of sp³-hybridized carbons (Fsp3) is 0.471. The fourth-order valence-corrected chi connectivity index (χ4v) is 4.19. The molecule has 122 valence electrons. The molecule has 0 atom stereocenters. The van der Waals surface area contributed by atoms with Gasteiger partial charge in [-0.05, 0) is 43.4 Å². The van der Waals surface area contributed by atoms with Gasteiger partial charge in [-0.1, -0.05) is 24.2 Å². The van der Waals surface area contributed by atoms with Crippen molar-refractivity contribution in [3.63, 3.8) is 0 Å². The average Bonchev–Trinajstić information content (AvgIpc) is 3.07. The molecule has 0 unspecified atom stereocenters. The van der Waals surface area contributed by atoms with Gasteiger partial charge in [-0.15, -0.1) is 0 Å². The Morgan fingerprint density at radius 2 is 2.00 bits per heavy atom. The molecule has 2 aromatic rings. The molecule has 6 heteroatoms. The lowest BCUT2D eigenvalue weighted by Crippen LogP contribution is -2.15. The van der Waals surface area contributed by atoms with Crippen molar-refractivity contribution < 1.29 is 9.59 Å². The van der Waals surface area contributed by atoms with E-state index < -0.39 is 0 Å². The molecule has 1 saturated carbocycles. The van der Waals surface area contributed by atoms with Crippen molar-refractivity contribution >= 4 is 44.2 Å². The molecule has 0 spiro atoms. The molecule has 1 aromatic carbocycles. The van der Waals surface area contributed by atoms with Gasteiger partial charge in [-0.25, -0.2) is 4.98 Å². The number of amides is 2. The number of carbonyl (C=O) groups is 2. The quantitative estimate of drug-likeness (QED) is 0.886. The van der Waals surface area contributed by atoms with Crippen LogP contribution in [0.2, 0.25) is 0 Å². The van der Waals surface area contributed by atoms with Crippen LogP contribution in [0.15, 0.2) is 12.1 Å². The third-order valence-corrected chi connectivity index (χ3v) is 5.12. The number of benzene rings is 1. The molecule has 0 bridgehead atoms. The molecule has 2 N–H and O–H groups in total. The normalized spacial score (nSPS) is 15.0. The highest BCUT2D eigenvalue weighted by Crippen LogP contribution is 2.32. The van der Waals surface area contributed by atoms with Crippen molar-refractivity contribution in [2.75, 3.05) is 10.6 Å². The van der Waals surface area contributed by atoms with E-state index in [0.717, 1.165) is 21.5 Å². The van der Waals surface area contributed by atoms with Crippen LogP contribution in [-0.2, 0) is 9.59 Å². The van der Waals surface area contributed by atoms with Crippen LogP contribution in [-0.4, -0.2) is 16.8 Å². The van der Waals surface area contributed by atoms with Crippen LogP contribution in [0, 0.1) is 12.8 Å². The van der Waals surface area contributed by atoms with Crippen molar-refractivity contribution in [2.45, 2.75) is 46.0 Å². The summed E-state index contributed by atoms with van der Waals surface area (Å²) in [7, 11) is 0. The Labute approximate surface area is 139 Å². The van der Waals surface area contributed by atoms with E-state index in [0.29, 0.717) is 17.5 Å². The van der Waals surface area contributed by atoms with E-state index in [1.807, 2.05) is 19.1 Å². The number of hydrogen-bond donors (Lipinski definition) is 2. The summed E-state index contributed by atoms with van der Waals surface area (Å²) in [5.41, 5.74) is 2.66. The lowest BCUT2D eigenvalue weighted by Gasteiger charge is -2.10. The number of hydrogen-bond acceptors (Lipinski definition) is 4. The van der Waals surface area contributed by atoms with Crippen LogP contribution >= 0.6 is 11.3 Å². The van der Waals surface area contributed by atoms with E-state index >= 15 is 0 Å². The van der Waals surface area contributed by atoms with Crippen molar-refractivity contribution in [1.82, 2.24) is 4.98 Å². The van der Waals surface area contributed by atoms with E-state index in [1.54, 1.807) is 0 Å². The van der Waals surface area contributed by atoms with Crippen molar-refractivity contribution in [1.29, 1.82) is 0 Å². The second kappa shape index (κ2) is 6.66. The minimum absolute atomic E-state index is 0.0854. The minimum atomic E-state index is -0.133. The molecule has 3 rings (SSSR count). The van der Waals surface area contributed by atoms with Gasteiger partial charge in [0.15, 0.2) is 5.13 Å². The van der Waals surface area contributed by atoms with Crippen LogP contribution < -0.4 is 10.6 Å². The number of aryl methyl sites for hydroxylation is 1. The third-order valence-electron chi connectivity index (χ3n) is 4.20. The van der Waals surface area contributed by atoms with Crippen LogP contribution in [0.4, 0.5) is 10.8 Å². The molecule has 2 amide bonds. The van der Waals surface area contributed by atoms with Gasteiger partial charge < -0.3 is 10.6 Å². The summed E-state index contributed by atoms with van der Waals surface area (Å²) in [5.74, 6) is 0.489. The van der Waals surface area contributed by atoms with Gasteiger partial charge in [-0.3, -0.25) is 9.59 Å². The Morgan fingerprint density at radius 3 is 2.70 bits per heavy atom. The zero-order valence-corrected chi connectivity index (χ0v) is 14.3. The number of anilines is 2. The molecular formula is C17H21N3O2S. The van der Waals surface area contributed by atoms with E-state index in [-0.39, 0.29) is 11.8 Å². The second-order valence-corrected chi connectivity index (χ2v) is 7.27. The maximum absolute atomic E-state index is 12.2. The molecule has 23 heavy (non-hydrogen) atoms.